The molecule has 1 heterocycles. The van der Waals surface area contributed by atoms with Gasteiger partial charge < -0.3 is 31.5 Å². The Morgan fingerprint density at radius 2 is 1.26 bits per heavy atom. The lowest BCUT2D eigenvalue weighted by molar-refractivity contribution is -0.147. The molecule has 168 valence electrons. The number of carboxylic acids is 2. The fraction of sp³-hybridized carbons (Fsp3) is 0.450. The maximum absolute atomic E-state index is 12.9. The van der Waals surface area contributed by atoms with Gasteiger partial charge >= 0.3 is 23.8 Å². The van der Waals surface area contributed by atoms with Crippen molar-refractivity contribution in [1.29, 1.82) is 0 Å². The highest BCUT2D eigenvalue weighted by molar-refractivity contribution is 6.37. The summed E-state index contributed by atoms with van der Waals surface area (Å²) in [5, 5.41) is 28.1. The van der Waals surface area contributed by atoms with Crippen LogP contribution in [0.4, 0.5) is 11.4 Å². The van der Waals surface area contributed by atoms with Crippen molar-refractivity contribution >= 4 is 41.0 Å². The van der Waals surface area contributed by atoms with Gasteiger partial charge in [0, 0.05) is 34.1 Å². The van der Waals surface area contributed by atoms with Crippen LogP contribution >= 0.6 is 0 Å². The summed E-state index contributed by atoms with van der Waals surface area (Å²) in [6.07, 6.45) is 1.31. The molecular weight excluding hydrogens is 408 g/mol. The molecule has 31 heavy (non-hydrogen) atoms. The van der Waals surface area contributed by atoms with E-state index in [1.807, 2.05) is 27.7 Å². The van der Waals surface area contributed by atoms with Gasteiger partial charge in [-0.1, -0.05) is 0 Å². The highest BCUT2D eigenvalue weighted by Crippen LogP contribution is 2.29. The molecule has 6 N–H and O–H groups in total. The minimum absolute atomic E-state index is 0.0121. The Morgan fingerprint density at radius 3 is 1.65 bits per heavy atom. The molecule has 0 unspecified atom stereocenters. The Bertz CT molecular complexity index is 877. The molecule has 1 aromatic rings. The van der Waals surface area contributed by atoms with Crippen LogP contribution in [0.5, 0.6) is 0 Å². The van der Waals surface area contributed by atoms with Crippen LogP contribution in [-0.4, -0.2) is 57.0 Å². The second kappa shape index (κ2) is 8.72. The first-order valence-corrected chi connectivity index (χ1v) is 9.51. The monoisotopic (exact) mass is 434 g/mol. The third-order valence-electron chi connectivity index (χ3n) is 4.62. The zero-order valence-electron chi connectivity index (χ0n) is 17.7. The number of carboxylic acid groups (broad SMARTS) is 2. The van der Waals surface area contributed by atoms with Crippen LogP contribution in [0.2, 0.25) is 0 Å². The zero-order chi connectivity index (χ0) is 23.6. The normalized spacial score (nSPS) is 17.3. The number of piperidine rings is 1. The van der Waals surface area contributed by atoms with Gasteiger partial charge in [-0.05, 0) is 58.7 Å². The zero-order valence-corrected chi connectivity index (χ0v) is 17.7. The number of anilines is 2. The number of amides is 3. The molecule has 1 fully saturated rings. The summed E-state index contributed by atoms with van der Waals surface area (Å²) < 4.78 is 0. The number of nitrogens with one attached hydrogen (secondary N) is 4. The molecule has 11 nitrogen and oxygen atoms in total. The van der Waals surface area contributed by atoms with Crippen LogP contribution in [-0.2, 0) is 19.2 Å². The van der Waals surface area contributed by atoms with Gasteiger partial charge in [0.2, 0.25) is 0 Å². The first-order chi connectivity index (χ1) is 14.2. The summed E-state index contributed by atoms with van der Waals surface area (Å²) in [4.78, 5) is 57.5. The third-order valence-corrected chi connectivity index (χ3v) is 4.62. The van der Waals surface area contributed by atoms with Crippen molar-refractivity contribution in [2.75, 3.05) is 10.6 Å². The number of rotatable bonds is 4. The average molecular weight is 434 g/mol. The molecule has 0 radical (unpaired) electrons. The van der Waals surface area contributed by atoms with Crippen LogP contribution in [0, 0.1) is 0 Å². The molecule has 0 aromatic heterocycles. The molecule has 1 aliphatic rings. The molecule has 2 rings (SSSR count). The highest BCUT2D eigenvalue weighted by atomic mass is 16.4. The SMILES string of the molecule is CC1(C)CC(NC(=O)c2cc(NC(=O)C(=O)O)cc(NC(=O)C(=O)O)c2)CC(C)(C)N1. The number of carbonyl (C=O) groups excluding carboxylic acids is 3. The third kappa shape index (κ3) is 6.78. The van der Waals surface area contributed by atoms with Crippen LogP contribution in [0.15, 0.2) is 18.2 Å². The fourth-order valence-electron chi connectivity index (χ4n) is 3.97. The van der Waals surface area contributed by atoms with E-state index >= 15 is 0 Å². The quantitative estimate of drug-likeness (QED) is 0.377. The van der Waals surface area contributed by atoms with Crippen molar-refractivity contribution in [2.24, 2.45) is 0 Å². The summed E-state index contributed by atoms with van der Waals surface area (Å²) in [6.45, 7) is 8.09. The smallest absolute Gasteiger partial charge is 0.394 e. The van der Waals surface area contributed by atoms with Crippen molar-refractivity contribution in [3.05, 3.63) is 23.8 Å². The summed E-state index contributed by atoms with van der Waals surface area (Å²) in [5.74, 6) is -6.71. The van der Waals surface area contributed by atoms with E-state index in [2.05, 4.69) is 21.3 Å². The molecule has 1 aliphatic heterocycles. The standard InChI is InChI=1S/C20H26N4O7/c1-19(2)8-13(9-20(3,4)24-19)23-14(25)10-5-11(21-15(26)17(28)29)7-12(6-10)22-16(27)18(30)31/h5-7,13,24H,8-9H2,1-4H3,(H,21,26)(H,22,27)(H,23,25)(H,28,29)(H,30,31). The Kier molecular flexibility index (Phi) is 6.70. The van der Waals surface area contributed by atoms with Crippen molar-refractivity contribution in [2.45, 2.75) is 57.7 Å². The Morgan fingerprint density at radius 1 is 0.839 bits per heavy atom. The van der Waals surface area contributed by atoms with Crippen LogP contribution in [0.25, 0.3) is 0 Å². The minimum Gasteiger partial charge on any atom is -0.474 e. The second-order valence-electron chi connectivity index (χ2n) is 8.79. The van der Waals surface area contributed by atoms with E-state index in [1.54, 1.807) is 0 Å². The van der Waals surface area contributed by atoms with Crippen LogP contribution < -0.4 is 21.3 Å². The summed E-state index contributed by atoms with van der Waals surface area (Å²) >= 11 is 0. The molecule has 1 saturated heterocycles. The van der Waals surface area contributed by atoms with Crippen LogP contribution in [0.1, 0.15) is 50.9 Å². The lowest BCUT2D eigenvalue weighted by Gasteiger charge is -2.46. The van der Waals surface area contributed by atoms with E-state index in [-0.39, 0.29) is 34.1 Å². The van der Waals surface area contributed by atoms with Gasteiger partial charge in [-0.3, -0.25) is 14.4 Å². The topological polar surface area (TPSA) is 174 Å². The Hall–Kier alpha value is -3.47. The van der Waals surface area contributed by atoms with Gasteiger partial charge in [-0.2, -0.15) is 0 Å². The first-order valence-electron chi connectivity index (χ1n) is 9.51. The predicted octanol–water partition coefficient (Wildman–Crippen LogP) is 0.772. The molecule has 11 heteroatoms. The van der Waals surface area contributed by atoms with Gasteiger partial charge in [0.05, 0.1) is 0 Å². The summed E-state index contributed by atoms with van der Waals surface area (Å²) in [7, 11) is 0. The lowest BCUT2D eigenvalue weighted by atomic mass is 9.79. The molecule has 0 saturated carbocycles. The van der Waals surface area contributed by atoms with Crippen molar-refractivity contribution in [3.8, 4) is 0 Å². The van der Waals surface area contributed by atoms with E-state index in [9.17, 15) is 24.0 Å². The molecule has 0 aliphatic carbocycles. The van der Waals surface area contributed by atoms with Gasteiger partial charge in [0.15, 0.2) is 0 Å². The van der Waals surface area contributed by atoms with Crippen molar-refractivity contribution < 1.29 is 34.2 Å². The molecule has 0 atom stereocenters. The minimum atomic E-state index is -1.75. The summed E-state index contributed by atoms with van der Waals surface area (Å²) in [6, 6.07) is 3.46. The summed E-state index contributed by atoms with van der Waals surface area (Å²) in [5.41, 5.74) is -0.619. The predicted molar refractivity (Wildman–Crippen MR) is 111 cm³/mol. The van der Waals surface area contributed by atoms with E-state index in [0.717, 1.165) is 6.07 Å². The maximum atomic E-state index is 12.9. The molecule has 3 amide bonds. The van der Waals surface area contributed by atoms with E-state index in [4.69, 9.17) is 10.2 Å². The number of hydrogen-bond acceptors (Lipinski definition) is 6. The average Bonchev–Trinajstić information content (AvgIpc) is 2.58. The Labute approximate surface area is 178 Å². The number of carbonyl (C=O) groups is 5. The first kappa shape index (κ1) is 23.8. The van der Waals surface area contributed by atoms with E-state index in [0.29, 0.717) is 12.8 Å². The fourth-order valence-corrected chi connectivity index (χ4v) is 3.97. The van der Waals surface area contributed by atoms with Crippen molar-refractivity contribution in [3.63, 3.8) is 0 Å². The van der Waals surface area contributed by atoms with E-state index < -0.39 is 29.7 Å². The molecule has 1 aromatic carbocycles. The van der Waals surface area contributed by atoms with Gasteiger partial charge in [-0.15, -0.1) is 0 Å². The highest BCUT2D eigenvalue weighted by Gasteiger charge is 2.38. The Balaban J connectivity index is 2.30. The number of aliphatic carboxylic acids is 2. The van der Waals surface area contributed by atoms with Gasteiger partial charge in [0.1, 0.15) is 0 Å². The molecular formula is C20H26N4O7. The molecule has 0 bridgehead atoms. The van der Waals surface area contributed by atoms with Gasteiger partial charge in [-0.25, -0.2) is 9.59 Å². The largest absolute Gasteiger partial charge is 0.474 e. The molecule has 0 spiro atoms. The van der Waals surface area contributed by atoms with Crippen molar-refractivity contribution in [1.82, 2.24) is 10.6 Å². The second-order valence-corrected chi connectivity index (χ2v) is 8.79. The van der Waals surface area contributed by atoms with Crippen LogP contribution in [0.3, 0.4) is 0 Å². The maximum Gasteiger partial charge on any atom is 0.394 e. The van der Waals surface area contributed by atoms with Gasteiger partial charge in [0.25, 0.3) is 5.91 Å². The number of hydrogen-bond donors (Lipinski definition) is 6. The number of benzene rings is 1. The van der Waals surface area contributed by atoms with E-state index in [1.165, 1.54) is 12.1 Å². The lowest BCUT2D eigenvalue weighted by Crippen LogP contribution is -2.62.